The zero-order valence-electron chi connectivity index (χ0n) is 9.09. The summed E-state index contributed by atoms with van der Waals surface area (Å²) in [6.07, 6.45) is 2.58. The van der Waals surface area contributed by atoms with E-state index in [-0.39, 0.29) is 12.3 Å². The summed E-state index contributed by atoms with van der Waals surface area (Å²) < 4.78 is 39.5. The van der Waals surface area contributed by atoms with Gasteiger partial charge in [0.1, 0.15) is 10.7 Å². The van der Waals surface area contributed by atoms with Crippen LogP contribution in [0.4, 0.5) is 10.1 Å². The average Bonchev–Trinajstić information content (AvgIpc) is 2.81. The number of nitrogens with zero attached hydrogens (tertiary/aromatic N) is 1. The van der Waals surface area contributed by atoms with Crippen LogP contribution in [0.1, 0.15) is 5.56 Å². The molecule has 0 fully saturated rings. The molecule has 0 aliphatic carbocycles. The minimum absolute atomic E-state index is 0.198. The summed E-state index contributed by atoms with van der Waals surface area (Å²) in [5, 5.41) is 14.9. The second-order valence-electron chi connectivity index (χ2n) is 3.52. The summed E-state index contributed by atoms with van der Waals surface area (Å²) in [4.78, 5) is -0.518. The van der Waals surface area contributed by atoms with E-state index in [0.29, 0.717) is 5.56 Å². The van der Waals surface area contributed by atoms with Crippen LogP contribution in [0.5, 0.6) is 0 Å². The van der Waals surface area contributed by atoms with Crippen molar-refractivity contribution in [3.8, 4) is 0 Å². The molecule has 3 N–H and O–H groups in total. The first-order valence-electron chi connectivity index (χ1n) is 4.94. The van der Waals surface area contributed by atoms with E-state index in [1.54, 1.807) is 0 Å². The maximum absolute atomic E-state index is 13.5. The van der Waals surface area contributed by atoms with E-state index >= 15 is 0 Å². The molecule has 0 amide bonds. The first-order valence-corrected chi connectivity index (χ1v) is 6.42. The van der Waals surface area contributed by atoms with Gasteiger partial charge in [-0.1, -0.05) is 6.07 Å². The van der Waals surface area contributed by atoms with Gasteiger partial charge in [-0.05, 0) is 17.7 Å². The minimum Gasteiger partial charge on any atom is -0.392 e. The van der Waals surface area contributed by atoms with Crippen LogP contribution >= 0.6 is 0 Å². The Kier molecular flexibility index (Phi) is 3.30. The molecule has 0 spiro atoms. The van der Waals surface area contributed by atoms with Crippen LogP contribution in [-0.4, -0.2) is 23.7 Å². The fraction of sp³-hybridized carbons (Fsp3) is 0.100. The average molecular weight is 271 g/mol. The number of halogens is 1. The van der Waals surface area contributed by atoms with Crippen molar-refractivity contribution in [2.24, 2.45) is 0 Å². The molecule has 2 rings (SSSR count). The highest BCUT2D eigenvalue weighted by atomic mass is 32.2. The molecule has 96 valence electrons. The Morgan fingerprint density at radius 1 is 1.44 bits per heavy atom. The van der Waals surface area contributed by atoms with E-state index in [4.69, 9.17) is 5.11 Å². The Morgan fingerprint density at radius 2 is 2.22 bits per heavy atom. The van der Waals surface area contributed by atoms with Gasteiger partial charge in [0.2, 0.25) is 0 Å². The third-order valence-electron chi connectivity index (χ3n) is 2.22. The van der Waals surface area contributed by atoms with Gasteiger partial charge in [-0.15, -0.1) is 0 Å². The highest BCUT2D eigenvalue weighted by Gasteiger charge is 2.20. The molecule has 8 heteroatoms. The molecule has 1 aromatic carbocycles. The number of hydrogen-bond donors (Lipinski definition) is 3. The van der Waals surface area contributed by atoms with Crippen LogP contribution in [0.3, 0.4) is 0 Å². The van der Waals surface area contributed by atoms with Crippen LogP contribution in [0, 0.1) is 5.82 Å². The van der Waals surface area contributed by atoms with Crippen LogP contribution in [0.2, 0.25) is 0 Å². The van der Waals surface area contributed by atoms with Gasteiger partial charge in [-0.25, -0.2) is 12.8 Å². The van der Waals surface area contributed by atoms with Crippen LogP contribution < -0.4 is 4.72 Å². The molecule has 0 unspecified atom stereocenters. The number of aromatic amines is 1. The van der Waals surface area contributed by atoms with Crippen molar-refractivity contribution in [2.45, 2.75) is 11.5 Å². The van der Waals surface area contributed by atoms with Crippen molar-refractivity contribution in [1.82, 2.24) is 10.2 Å². The fourth-order valence-electron chi connectivity index (χ4n) is 1.37. The smallest absolute Gasteiger partial charge is 0.264 e. The van der Waals surface area contributed by atoms with E-state index in [0.717, 1.165) is 12.1 Å². The van der Waals surface area contributed by atoms with Gasteiger partial charge in [0.15, 0.2) is 0 Å². The van der Waals surface area contributed by atoms with Crippen molar-refractivity contribution in [3.63, 3.8) is 0 Å². The third kappa shape index (κ3) is 2.49. The van der Waals surface area contributed by atoms with Crippen molar-refractivity contribution in [1.29, 1.82) is 0 Å². The van der Waals surface area contributed by atoms with Crippen LogP contribution in [0.25, 0.3) is 0 Å². The first-order chi connectivity index (χ1) is 8.53. The maximum atomic E-state index is 13.5. The number of hydrogen-bond acceptors (Lipinski definition) is 4. The summed E-state index contributed by atoms with van der Waals surface area (Å²) >= 11 is 0. The van der Waals surface area contributed by atoms with Crippen molar-refractivity contribution in [3.05, 3.63) is 42.0 Å². The molecule has 18 heavy (non-hydrogen) atoms. The maximum Gasteiger partial charge on any atom is 0.264 e. The van der Waals surface area contributed by atoms with Crippen LogP contribution in [0.15, 0.2) is 35.5 Å². The fourth-order valence-corrected chi connectivity index (χ4v) is 2.53. The zero-order chi connectivity index (χ0) is 13.2. The Bertz CT molecular complexity index is 640. The summed E-state index contributed by atoms with van der Waals surface area (Å²) in [5.74, 6) is -0.886. The number of nitrogens with one attached hydrogen (secondary N) is 2. The molecule has 0 saturated heterocycles. The van der Waals surface area contributed by atoms with Crippen molar-refractivity contribution < 1.29 is 17.9 Å². The summed E-state index contributed by atoms with van der Waals surface area (Å²) in [6, 6.07) is 3.39. The molecule has 6 nitrogen and oxygen atoms in total. The first kappa shape index (κ1) is 12.5. The van der Waals surface area contributed by atoms with Gasteiger partial charge in [0, 0.05) is 6.20 Å². The second-order valence-corrected chi connectivity index (χ2v) is 5.17. The van der Waals surface area contributed by atoms with Gasteiger partial charge >= 0.3 is 0 Å². The Labute approximate surface area is 103 Å². The van der Waals surface area contributed by atoms with E-state index in [1.165, 1.54) is 18.5 Å². The number of aliphatic hydroxyl groups excluding tert-OH is 1. The molecule has 1 heterocycles. The lowest BCUT2D eigenvalue weighted by Crippen LogP contribution is -2.14. The topological polar surface area (TPSA) is 95.1 Å². The molecular weight excluding hydrogens is 261 g/mol. The van der Waals surface area contributed by atoms with E-state index in [2.05, 4.69) is 14.9 Å². The highest BCUT2D eigenvalue weighted by molar-refractivity contribution is 7.92. The third-order valence-corrected chi connectivity index (χ3v) is 3.61. The van der Waals surface area contributed by atoms with E-state index in [1.807, 2.05) is 0 Å². The van der Waals surface area contributed by atoms with Crippen molar-refractivity contribution >= 4 is 15.7 Å². The molecule has 1 aromatic heterocycles. The lowest BCUT2D eigenvalue weighted by Gasteiger charge is -2.08. The van der Waals surface area contributed by atoms with Gasteiger partial charge in [-0.3, -0.25) is 9.82 Å². The number of benzene rings is 1. The predicted octanol–water partition coefficient (Wildman–Crippen LogP) is 0.842. The molecular formula is C10H10FN3O3S. The lowest BCUT2D eigenvalue weighted by molar-refractivity contribution is 0.281. The number of anilines is 1. The molecule has 0 aliphatic heterocycles. The Hall–Kier alpha value is -1.93. The van der Waals surface area contributed by atoms with Crippen molar-refractivity contribution in [2.75, 3.05) is 4.72 Å². The molecule has 0 aliphatic rings. The minimum atomic E-state index is -4.04. The van der Waals surface area contributed by atoms with Gasteiger partial charge < -0.3 is 5.11 Å². The lowest BCUT2D eigenvalue weighted by atomic mass is 10.2. The quantitative estimate of drug-likeness (QED) is 0.768. The highest BCUT2D eigenvalue weighted by Crippen LogP contribution is 2.19. The number of aromatic nitrogens is 2. The molecule has 0 bridgehead atoms. The standard InChI is InChI=1S/C10H10FN3O3S/c11-9-2-1-7(6-15)3-10(9)18(16,17)14-8-4-12-13-5-8/h1-5,14-15H,6H2,(H,12,13). The monoisotopic (exact) mass is 271 g/mol. The summed E-state index contributed by atoms with van der Waals surface area (Å²) in [7, 11) is -4.04. The predicted molar refractivity (Wildman–Crippen MR) is 61.7 cm³/mol. The van der Waals surface area contributed by atoms with Gasteiger partial charge in [0.25, 0.3) is 10.0 Å². The molecule has 0 radical (unpaired) electrons. The molecule has 2 aromatic rings. The largest absolute Gasteiger partial charge is 0.392 e. The number of aliphatic hydroxyl groups is 1. The molecule has 0 saturated carbocycles. The van der Waals surface area contributed by atoms with Gasteiger partial charge in [0.05, 0.1) is 18.5 Å². The Balaban J connectivity index is 2.40. The van der Waals surface area contributed by atoms with Crippen LogP contribution in [-0.2, 0) is 16.6 Å². The number of H-pyrrole nitrogens is 1. The summed E-state index contributed by atoms with van der Waals surface area (Å²) in [6.45, 7) is -0.367. The van der Waals surface area contributed by atoms with E-state index < -0.39 is 20.7 Å². The second kappa shape index (κ2) is 4.75. The SMILES string of the molecule is O=S(=O)(Nc1cn[nH]c1)c1cc(CO)ccc1F. The zero-order valence-corrected chi connectivity index (χ0v) is 9.91. The normalized spacial score (nSPS) is 11.4. The number of rotatable bonds is 4. The van der Waals surface area contributed by atoms with Gasteiger partial charge in [-0.2, -0.15) is 5.10 Å². The summed E-state index contributed by atoms with van der Waals surface area (Å²) in [5.41, 5.74) is 0.507. The Morgan fingerprint density at radius 3 is 2.83 bits per heavy atom. The van der Waals surface area contributed by atoms with E-state index in [9.17, 15) is 12.8 Å². The molecule has 0 atom stereocenters. The number of sulfonamides is 1.